The highest BCUT2D eigenvalue weighted by Gasteiger charge is 2.36. The number of benzene rings is 1. The summed E-state index contributed by atoms with van der Waals surface area (Å²) < 4.78 is 39.3. The first-order chi connectivity index (χ1) is 11.4. The number of carboxylic acids is 1. The molecular formula is C16H19F3N2O4. The molecule has 0 fully saturated rings. The fourth-order valence-electron chi connectivity index (χ4n) is 2.18. The summed E-state index contributed by atoms with van der Waals surface area (Å²) in [6, 6.07) is 3.42. The van der Waals surface area contributed by atoms with Gasteiger partial charge in [0.25, 0.3) is 5.91 Å². The topological polar surface area (TPSA) is 86.7 Å². The van der Waals surface area contributed by atoms with E-state index < -0.39 is 48.0 Å². The summed E-state index contributed by atoms with van der Waals surface area (Å²) in [5.41, 5.74) is -1.28. The summed E-state index contributed by atoms with van der Waals surface area (Å²) in [6.45, 7) is 3.30. The van der Waals surface area contributed by atoms with E-state index in [1.54, 1.807) is 13.8 Å². The van der Waals surface area contributed by atoms with Crippen LogP contribution in [0, 0.1) is 5.92 Å². The number of carbonyl (C=O) groups excluding carboxylic acids is 2. The Balaban J connectivity index is 3.20. The third kappa shape index (κ3) is 5.47. The smallest absolute Gasteiger partial charge is 0.418 e. The fraction of sp³-hybridized carbons (Fsp3) is 0.438. The number of alkyl halides is 3. The lowest BCUT2D eigenvalue weighted by Gasteiger charge is -2.28. The first-order valence-corrected chi connectivity index (χ1v) is 7.41. The molecule has 0 aromatic heterocycles. The van der Waals surface area contributed by atoms with Gasteiger partial charge in [0, 0.05) is 12.6 Å². The molecule has 1 aromatic carbocycles. The standard InChI is InChI=1S/C16H19F3N2O4/c1-9(2)14(15(25)21(10(3)22)8-13(23)24)20-12-7-5-4-6-11(12)16(17,18)19/h4-7,9,14,20H,8H2,1-3H3,(H,23,24). The molecule has 0 aliphatic rings. The van der Waals surface area contributed by atoms with Gasteiger partial charge in [0.1, 0.15) is 12.6 Å². The van der Waals surface area contributed by atoms with Gasteiger partial charge in [0.15, 0.2) is 0 Å². The second-order valence-corrected chi connectivity index (χ2v) is 5.75. The lowest BCUT2D eigenvalue weighted by Crippen LogP contribution is -2.49. The van der Waals surface area contributed by atoms with Gasteiger partial charge < -0.3 is 10.4 Å². The van der Waals surface area contributed by atoms with Crippen molar-refractivity contribution in [3.8, 4) is 0 Å². The number of amides is 2. The second kappa shape index (κ2) is 8.00. The number of hydrogen-bond acceptors (Lipinski definition) is 4. The van der Waals surface area contributed by atoms with Gasteiger partial charge in [-0.25, -0.2) is 0 Å². The number of anilines is 1. The molecule has 138 valence electrons. The minimum atomic E-state index is -4.63. The van der Waals surface area contributed by atoms with E-state index in [1.807, 2.05) is 0 Å². The third-order valence-electron chi connectivity index (χ3n) is 3.42. The highest BCUT2D eigenvalue weighted by atomic mass is 19.4. The zero-order valence-corrected chi connectivity index (χ0v) is 13.9. The van der Waals surface area contributed by atoms with Crippen molar-refractivity contribution in [2.24, 2.45) is 5.92 Å². The van der Waals surface area contributed by atoms with Crippen LogP contribution in [0.5, 0.6) is 0 Å². The predicted octanol–water partition coefficient (Wildman–Crippen LogP) is 2.60. The Morgan fingerprint density at radius 2 is 1.76 bits per heavy atom. The molecule has 0 aliphatic heterocycles. The number of rotatable bonds is 6. The Bertz CT molecular complexity index is 659. The summed E-state index contributed by atoms with van der Waals surface area (Å²) in [5, 5.41) is 11.3. The van der Waals surface area contributed by atoms with E-state index in [1.165, 1.54) is 18.2 Å². The molecule has 6 nitrogen and oxygen atoms in total. The average Bonchev–Trinajstić information content (AvgIpc) is 2.48. The second-order valence-electron chi connectivity index (χ2n) is 5.75. The minimum Gasteiger partial charge on any atom is -0.480 e. The van der Waals surface area contributed by atoms with Gasteiger partial charge in [-0.2, -0.15) is 13.2 Å². The van der Waals surface area contributed by atoms with Crippen molar-refractivity contribution in [1.29, 1.82) is 0 Å². The van der Waals surface area contributed by atoms with E-state index in [-0.39, 0.29) is 5.69 Å². The Morgan fingerprint density at radius 3 is 2.20 bits per heavy atom. The molecule has 25 heavy (non-hydrogen) atoms. The van der Waals surface area contributed by atoms with E-state index in [0.29, 0.717) is 4.90 Å². The van der Waals surface area contributed by atoms with E-state index in [2.05, 4.69) is 5.32 Å². The molecule has 9 heteroatoms. The van der Waals surface area contributed by atoms with Gasteiger partial charge in [-0.15, -0.1) is 0 Å². The quantitative estimate of drug-likeness (QED) is 0.814. The Kier molecular flexibility index (Phi) is 6.55. The highest BCUT2D eigenvalue weighted by molar-refractivity contribution is 6.00. The molecule has 1 rings (SSSR count). The monoisotopic (exact) mass is 360 g/mol. The minimum absolute atomic E-state index is 0.319. The molecular weight excluding hydrogens is 341 g/mol. The van der Waals surface area contributed by atoms with E-state index in [9.17, 15) is 27.6 Å². The largest absolute Gasteiger partial charge is 0.480 e. The fourth-order valence-corrected chi connectivity index (χ4v) is 2.18. The Hall–Kier alpha value is -2.58. The van der Waals surface area contributed by atoms with E-state index in [0.717, 1.165) is 13.0 Å². The zero-order valence-electron chi connectivity index (χ0n) is 13.9. The summed E-state index contributed by atoms with van der Waals surface area (Å²) in [7, 11) is 0. The van der Waals surface area contributed by atoms with Crippen LogP contribution in [0.3, 0.4) is 0 Å². The number of hydrogen-bond donors (Lipinski definition) is 2. The molecule has 0 spiro atoms. The van der Waals surface area contributed by atoms with Gasteiger partial charge in [-0.05, 0) is 18.1 Å². The number of halogens is 3. The molecule has 1 unspecified atom stereocenters. The SMILES string of the molecule is CC(=O)N(CC(=O)O)C(=O)C(Nc1ccccc1C(F)(F)F)C(C)C. The maximum absolute atomic E-state index is 13.1. The zero-order chi connectivity index (χ0) is 19.4. The van der Waals surface area contributed by atoms with Gasteiger partial charge in [0.2, 0.25) is 5.91 Å². The number of nitrogens with zero attached hydrogens (tertiary/aromatic N) is 1. The molecule has 0 aliphatic carbocycles. The third-order valence-corrected chi connectivity index (χ3v) is 3.42. The summed E-state index contributed by atoms with van der Waals surface area (Å²) >= 11 is 0. The normalized spacial score (nSPS) is 12.6. The number of carbonyl (C=O) groups is 3. The van der Waals surface area contributed by atoms with Crippen LogP contribution in [0.25, 0.3) is 0 Å². The molecule has 1 atom stereocenters. The molecule has 0 saturated carbocycles. The van der Waals surface area contributed by atoms with Gasteiger partial charge in [0.05, 0.1) is 5.56 Å². The molecule has 0 heterocycles. The summed E-state index contributed by atoms with van der Waals surface area (Å²) in [6.07, 6.45) is -4.63. The molecule has 0 radical (unpaired) electrons. The Morgan fingerprint density at radius 1 is 1.20 bits per heavy atom. The number of nitrogens with one attached hydrogen (secondary N) is 1. The maximum Gasteiger partial charge on any atom is 0.418 e. The van der Waals surface area contributed by atoms with Crippen LogP contribution < -0.4 is 5.32 Å². The van der Waals surface area contributed by atoms with Crippen LogP contribution in [-0.2, 0) is 20.6 Å². The van der Waals surface area contributed by atoms with Crippen LogP contribution in [0.15, 0.2) is 24.3 Å². The first-order valence-electron chi connectivity index (χ1n) is 7.41. The van der Waals surface area contributed by atoms with Crippen LogP contribution in [0.4, 0.5) is 18.9 Å². The molecule has 2 N–H and O–H groups in total. The summed E-state index contributed by atoms with van der Waals surface area (Å²) in [5.74, 6) is -3.60. The van der Waals surface area contributed by atoms with Gasteiger partial charge >= 0.3 is 12.1 Å². The van der Waals surface area contributed by atoms with Crippen molar-refractivity contribution in [3.05, 3.63) is 29.8 Å². The molecule has 0 saturated heterocycles. The van der Waals surface area contributed by atoms with E-state index in [4.69, 9.17) is 5.11 Å². The van der Waals surface area contributed by atoms with Crippen LogP contribution in [0.2, 0.25) is 0 Å². The number of carboxylic acid groups (broad SMARTS) is 1. The van der Waals surface area contributed by atoms with Gasteiger partial charge in [-0.3, -0.25) is 19.3 Å². The maximum atomic E-state index is 13.1. The number of imide groups is 1. The first kappa shape index (κ1) is 20.5. The molecule has 0 bridgehead atoms. The van der Waals surface area contributed by atoms with Crippen molar-refractivity contribution in [1.82, 2.24) is 4.90 Å². The van der Waals surface area contributed by atoms with Crippen molar-refractivity contribution in [2.45, 2.75) is 33.0 Å². The number of aliphatic carboxylic acids is 1. The molecule has 1 aromatic rings. The van der Waals surface area contributed by atoms with Crippen molar-refractivity contribution in [3.63, 3.8) is 0 Å². The van der Waals surface area contributed by atoms with Crippen molar-refractivity contribution in [2.75, 3.05) is 11.9 Å². The lowest BCUT2D eigenvalue weighted by atomic mass is 10.0. The highest BCUT2D eigenvalue weighted by Crippen LogP contribution is 2.35. The summed E-state index contributed by atoms with van der Waals surface area (Å²) in [4.78, 5) is 35.4. The predicted molar refractivity (Wildman–Crippen MR) is 83.7 cm³/mol. The Labute approximate surface area is 142 Å². The van der Waals surface area contributed by atoms with Crippen molar-refractivity contribution >= 4 is 23.5 Å². The number of para-hydroxylation sites is 1. The van der Waals surface area contributed by atoms with Crippen molar-refractivity contribution < 1.29 is 32.7 Å². The van der Waals surface area contributed by atoms with E-state index >= 15 is 0 Å². The van der Waals surface area contributed by atoms with Crippen LogP contribution in [-0.4, -0.2) is 40.4 Å². The van der Waals surface area contributed by atoms with Crippen LogP contribution in [0.1, 0.15) is 26.3 Å². The lowest BCUT2D eigenvalue weighted by molar-refractivity contribution is -0.152. The van der Waals surface area contributed by atoms with Gasteiger partial charge in [-0.1, -0.05) is 26.0 Å². The molecule has 2 amide bonds. The average molecular weight is 360 g/mol. The van der Waals surface area contributed by atoms with Crippen LogP contribution >= 0.6 is 0 Å².